The van der Waals surface area contributed by atoms with Gasteiger partial charge < -0.3 is 9.88 Å². The van der Waals surface area contributed by atoms with Crippen molar-refractivity contribution in [2.45, 2.75) is 23.4 Å². The molecular formula is C20H19N5O3S. The Balaban J connectivity index is 1.35. The van der Waals surface area contributed by atoms with Crippen LogP contribution in [-0.2, 0) is 11.8 Å². The minimum absolute atomic E-state index is 0.0641. The molecule has 0 saturated heterocycles. The number of non-ortho nitro benzene ring substituents is 1. The third kappa shape index (κ3) is 4.29. The summed E-state index contributed by atoms with van der Waals surface area (Å²) in [5.74, 6) is 1.63. The van der Waals surface area contributed by atoms with Crippen molar-refractivity contribution in [1.29, 1.82) is 0 Å². The summed E-state index contributed by atoms with van der Waals surface area (Å²) in [6, 6.07) is 16.2. The molecule has 1 heterocycles. The molecule has 1 aliphatic rings. The van der Waals surface area contributed by atoms with Crippen LogP contribution in [0.15, 0.2) is 59.8 Å². The van der Waals surface area contributed by atoms with E-state index < -0.39 is 4.92 Å². The third-order valence-electron chi connectivity index (χ3n) is 4.89. The van der Waals surface area contributed by atoms with Crippen LogP contribution < -0.4 is 5.32 Å². The lowest BCUT2D eigenvalue weighted by Crippen LogP contribution is -2.14. The predicted octanol–water partition coefficient (Wildman–Crippen LogP) is 3.73. The van der Waals surface area contributed by atoms with Crippen LogP contribution in [0.5, 0.6) is 0 Å². The lowest BCUT2D eigenvalue weighted by molar-refractivity contribution is -0.384. The number of thioether (sulfide) groups is 1. The van der Waals surface area contributed by atoms with E-state index in [-0.39, 0.29) is 17.3 Å². The highest BCUT2D eigenvalue weighted by atomic mass is 32.2. The summed E-state index contributed by atoms with van der Waals surface area (Å²) in [6.07, 6.45) is 1.05. The van der Waals surface area contributed by atoms with E-state index in [9.17, 15) is 14.9 Å². The van der Waals surface area contributed by atoms with Crippen molar-refractivity contribution < 1.29 is 9.72 Å². The van der Waals surface area contributed by atoms with E-state index >= 15 is 0 Å². The SMILES string of the molecule is Cn1c(SCC(=O)Nc2cccc([N+](=O)[O-])c2)nnc1C1CC1c1ccccc1. The van der Waals surface area contributed by atoms with Gasteiger partial charge >= 0.3 is 0 Å². The Morgan fingerprint density at radius 1 is 1.21 bits per heavy atom. The first kappa shape index (κ1) is 19.1. The number of amides is 1. The number of nitro groups is 1. The Morgan fingerprint density at radius 3 is 2.76 bits per heavy atom. The van der Waals surface area contributed by atoms with Gasteiger partial charge in [0.25, 0.3) is 5.69 Å². The number of hydrogen-bond acceptors (Lipinski definition) is 6. The predicted molar refractivity (Wildman–Crippen MR) is 110 cm³/mol. The summed E-state index contributed by atoms with van der Waals surface area (Å²) in [7, 11) is 1.91. The zero-order chi connectivity index (χ0) is 20.4. The van der Waals surface area contributed by atoms with Crippen molar-refractivity contribution in [2.75, 3.05) is 11.1 Å². The smallest absolute Gasteiger partial charge is 0.271 e. The van der Waals surface area contributed by atoms with Gasteiger partial charge in [-0.05, 0) is 24.0 Å². The fourth-order valence-electron chi connectivity index (χ4n) is 3.35. The van der Waals surface area contributed by atoms with Crippen molar-refractivity contribution in [1.82, 2.24) is 14.8 Å². The van der Waals surface area contributed by atoms with E-state index in [1.54, 1.807) is 6.07 Å². The van der Waals surface area contributed by atoms with Gasteiger partial charge in [0.1, 0.15) is 5.82 Å². The number of carbonyl (C=O) groups is 1. The van der Waals surface area contributed by atoms with Crippen LogP contribution in [-0.4, -0.2) is 31.3 Å². The molecule has 0 radical (unpaired) electrons. The summed E-state index contributed by atoms with van der Waals surface area (Å²) in [4.78, 5) is 22.5. The second kappa shape index (κ2) is 8.04. The molecule has 0 aliphatic heterocycles. The number of nitrogens with one attached hydrogen (secondary N) is 1. The number of nitro benzene ring substituents is 1. The number of carbonyl (C=O) groups excluding carboxylic acids is 1. The quantitative estimate of drug-likeness (QED) is 0.362. The molecule has 148 valence electrons. The summed E-state index contributed by atoms with van der Waals surface area (Å²) < 4.78 is 1.94. The van der Waals surface area contributed by atoms with E-state index in [0.717, 1.165) is 12.2 Å². The van der Waals surface area contributed by atoms with Crippen LogP contribution in [0, 0.1) is 10.1 Å². The van der Waals surface area contributed by atoms with Gasteiger partial charge in [-0.15, -0.1) is 10.2 Å². The molecule has 1 aliphatic carbocycles. The zero-order valence-corrected chi connectivity index (χ0v) is 16.5. The van der Waals surface area contributed by atoms with E-state index in [1.807, 2.05) is 29.8 Å². The van der Waals surface area contributed by atoms with Crippen molar-refractivity contribution in [3.63, 3.8) is 0 Å². The van der Waals surface area contributed by atoms with Gasteiger partial charge in [-0.3, -0.25) is 14.9 Å². The van der Waals surface area contributed by atoms with Crippen LogP contribution in [0.2, 0.25) is 0 Å². The van der Waals surface area contributed by atoms with Crippen LogP contribution in [0.1, 0.15) is 29.6 Å². The average molecular weight is 409 g/mol. The molecule has 1 fully saturated rings. The van der Waals surface area contributed by atoms with Crippen molar-refractivity contribution in [3.05, 3.63) is 76.1 Å². The van der Waals surface area contributed by atoms with Gasteiger partial charge in [-0.25, -0.2) is 0 Å². The molecule has 2 atom stereocenters. The minimum Gasteiger partial charge on any atom is -0.325 e. The first-order valence-electron chi connectivity index (χ1n) is 9.14. The maximum absolute atomic E-state index is 12.2. The van der Waals surface area contributed by atoms with Crippen LogP contribution >= 0.6 is 11.8 Å². The number of hydrogen-bond donors (Lipinski definition) is 1. The maximum atomic E-state index is 12.2. The Hall–Kier alpha value is -3.20. The molecule has 8 nitrogen and oxygen atoms in total. The molecule has 1 saturated carbocycles. The summed E-state index contributed by atoms with van der Waals surface area (Å²) >= 11 is 1.29. The van der Waals surface area contributed by atoms with Gasteiger partial charge in [0, 0.05) is 30.8 Å². The molecule has 0 spiro atoms. The molecule has 1 amide bonds. The van der Waals surface area contributed by atoms with Crippen molar-refractivity contribution in [2.24, 2.45) is 7.05 Å². The van der Waals surface area contributed by atoms with Crippen LogP contribution in [0.3, 0.4) is 0 Å². The second-order valence-corrected chi connectivity index (χ2v) is 7.85. The van der Waals surface area contributed by atoms with Crippen molar-refractivity contribution in [3.8, 4) is 0 Å². The Kier molecular flexibility index (Phi) is 5.30. The van der Waals surface area contributed by atoms with Gasteiger partial charge in [-0.1, -0.05) is 48.2 Å². The lowest BCUT2D eigenvalue weighted by atomic mass is 10.1. The molecule has 3 aromatic rings. The normalized spacial score (nSPS) is 17.7. The minimum atomic E-state index is -0.494. The van der Waals surface area contributed by atoms with E-state index in [2.05, 4.69) is 27.6 Å². The third-order valence-corrected chi connectivity index (χ3v) is 5.91. The summed E-state index contributed by atoms with van der Waals surface area (Å²) in [5.41, 5.74) is 1.64. The van der Waals surface area contributed by atoms with E-state index in [1.165, 1.54) is 35.5 Å². The zero-order valence-electron chi connectivity index (χ0n) is 15.7. The fourth-order valence-corrected chi connectivity index (χ4v) is 4.07. The monoisotopic (exact) mass is 409 g/mol. The lowest BCUT2D eigenvalue weighted by Gasteiger charge is -2.06. The number of nitrogens with zero attached hydrogens (tertiary/aromatic N) is 4. The number of anilines is 1. The molecule has 0 bridgehead atoms. The van der Waals surface area contributed by atoms with E-state index in [0.29, 0.717) is 22.7 Å². The summed E-state index contributed by atoms with van der Waals surface area (Å²) in [6.45, 7) is 0. The molecule has 4 rings (SSSR count). The van der Waals surface area contributed by atoms with Crippen molar-refractivity contribution >= 4 is 29.0 Å². The highest BCUT2D eigenvalue weighted by Crippen LogP contribution is 2.54. The number of benzene rings is 2. The molecule has 29 heavy (non-hydrogen) atoms. The summed E-state index contributed by atoms with van der Waals surface area (Å²) in [5, 5.41) is 22.7. The van der Waals surface area contributed by atoms with Gasteiger partial charge in [-0.2, -0.15) is 0 Å². The van der Waals surface area contributed by atoms with E-state index in [4.69, 9.17) is 0 Å². The molecule has 1 aromatic heterocycles. The molecule has 1 N–H and O–H groups in total. The first-order chi connectivity index (χ1) is 14.0. The molecule has 2 aromatic carbocycles. The second-order valence-electron chi connectivity index (χ2n) is 6.90. The van der Waals surface area contributed by atoms with Crippen LogP contribution in [0.4, 0.5) is 11.4 Å². The topological polar surface area (TPSA) is 103 Å². The number of aromatic nitrogens is 3. The first-order valence-corrected chi connectivity index (χ1v) is 10.1. The highest BCUT2D eigenvalue weighted by Gasteiger charge is 2.42. The maximum Gasteiger partial charge on any atom is 0.271 e. The Morgan fingerprint density at radius 2 is 2.00 bits per heavy atom. The molecular weight excluding hydrogens is 390 g/mol. The Bertz CT molecular complexity index is 1050. The number of rotatable bonds is 7. The molecule has 9 heteroatoms. The van der Waals surface area contributed by atoms with Gasteiger partial charge in [0.05, 0.1) is 10.7 Å². The largest absolute Gasteiger partial charge is 0.325 e. The van der Waals surface area contributed by atoms with Crippen LogP contribution in [0.25, 0.3) is 0 Å². The van der Waals surface area contributed by atoms with Gasteiger partial charge in [0.15, 0.2) is 5.16 Å². The Labute approximate surface area is 171 Å². The van der Waals surface area contributed by atoms with Gasteiger partial charge in [0.2, 0.25) is 5.91 Å². The standard InChI is InChI=1S/C20H19N5O3S/c1-24-19(17-11-16(17)13-6-3-2-4-7-13)22-23-20(24)29-12-18(26)21-14-8-5-9-15(10-14)25(27)28/h2-10,16-17H,11-12H2,1H3,(H,21,26). The molecule has 2 unspecified atom stereocenters. The fraction of sp³-hybridized carbons (Fsp3) is 0.250. The average Bonchev–Trinajstić information content (AvgIpc) is 3.43. The highest BCUT2D eigenvalue weighted by molar-refractivity contribution is 7.99.